The van der Waals surface area contributed by atoms with E-state index in [1.54, 1.807) is 23.5 Å². The van der Waals surface area contributed by atoms with Crippen molar-refractivity contribution in [2.45, 2.75) is 17.4 Å². The number of sulfonamides is 1. The van der Waals surface area contributed by atoms with Crippen molar-refractivity contribution in [2.24, 2.45) is 0 Å². The summed E-state index contributed by atoms with van der Waals surface area (Å²) >= 11 is 1.73. The van der Waals surface area contributed by atoms with E-state index in [4.69, 9.17) is 4.74 Å². The van der Waals surface area contributed by atoms with E-state index < -0.39 is 10.0 Å². The van der Waals surface area contributed by atoms with Crippen LogP contribution in [-0.2, 0) is 21.2 Å². The number of nitrogens with zero attached hydrogens (tertiary/aromatic N) is 2. The molecule has 0 saturated carbocycles. The third kappa shape index (κ3) is 3.88. The van der Waals surface area contributed by atoms with E-state index in [-0.39, 0.29) is 16.8 Å². The number of carbonyl (C=O) groups is 1. The van der Waals surface area contributed by atoms with Gasteiger partial charge in [-0.2, -0.15) is 4.31 Å². The van der Waals surface area contributed by atoms with Crippen LogP contribution in [0.1, 0.15) is 32.4 Å². The summed E-state index contributed by atoms with van der Waals surface area (Å²) in [7, 11) is -3.59. The van der Waals surface area contributed by atoms with Crippen molar-refractivity contribution in [1.29, 1.82) is 0 Å². The maximum Gasteiger partial charge on any atom is 0.254 e. The summed E-state index contributed by atoms with van der Waals surface area (Å²) in [4.78, 5) is 16.9. The molecule has 1 fully saturated rings. The molecule has 0 spiro atoms. The van der Waals surface area contributed by atoms with Gasteiger partial charge in [0.2, 0.25) is 10.0 Å². The molecule has 2 aromatic carbocycles. The van der Waals surface area contributed by atoms with E-state index in [1.165, 1.54) is 26.9 Å². The zero-order valence-electron chi connectivity index (χ0n) is 17.5. The van der Waals surface area contributed by atoms with Gasteiger partial charge in [0.05, 0.1) is 24.2 Å². The fraction of sp³-hybridized carbons (Fsp3) is 0.292. The quantitative estimate of drug-likeness (QED) is 0.587. The van der Waals surface area contributed by atoms with Gasteiger partial charge < -0.3 is 9.64 Å². The third-order valence-corrected chi connectivity index (χ3v) is 8.96. The van der Waals surface area contributed by atoms with Crippen molar-refractivity contribution < 1.29 is 17.9 Å². The number of hydrogen-bond acceptors (Lipinski definition) is 5. The number of morpholine rings is 1. The Kier molecular flexibility index (Phi) is 5.86. The fourth-order valence-corrected chi connectivity index (χ4v) is 6.71. The second-order valence-corrected chi connectivity index (χ2v) is 10.8. The Labute approximate surface area is 192 Å². The number of carbonyl (C=O) groups excluding carboxylic acids is 1. The molecule has 3 aromatic rings. The molecule has 166 valence electrons. The van der Waals surface area contributed by atoms with Crippen molar-refractivity contribution in [3.8, 4) is 0 Å². The average Bonchev–Trinajstić information content (AvgIpc) is 3.33. The first-order chi connectivity index (χ1) is 15.6. The highest BCUT2D eigenvalue weighted by atomic mass is 32.2. The molecule has 0 radical (unpaired) electrons. The Morgan fingerprint density at radius 2 is 1.66 bits per heavy atom. The zero-order valence-corrected chi connectivity index (χ0v) is 19.1. The number of hydrogen-bond donors (Lipinski definition) is 0. The molecule has 2 aliphatic rings. The molecule has 32 heavy (non-hydrogen) atoms. The van der Waals surface area contributed by atoms with Crippen LogP contribution >= 0.6 is 11.3 Å². The van der Waals surface area contributed by atoms with Crippen LogP contribution < -0.4 is 0 Å². The Hall–Kier alpha value is -2.52. The Morgan fingerprint density at radius 3 is 2.38 bits per heavy atom. The van der Waals surface area contributed by atoms with Gasteiger partial charge in [-0.05, 0) is 53.3 Å². The first kappa shape index (κ1) is 21.3. The Morgan fingerprint density at radius 1 is 0.938 bits per heavy atom. The number of benzene rings is 2. The van der Waals surface area contributed by atoms with Crippen molar-refractivity contribution in [2.75, 3.05) is 32.8 Å². The standard InChI is InChI=1S/C24H24N2O4S2/c27-24(19-6-8-20(9-7-19)32(28,29)25-13-15-30-16-14-25)26-12-10-22-21(11-17-31-22)23(26)18-4-2-1-3-5-18/h1-9,11,17,23H,10,12-16H2. The minimum atomic E-state index is -3.59. The van der Waals surface area contributed by atoms with E-state index in [0.717, 1.165) is 12.0 Å². The number of ether oxygens (including phenoxy) is 1. The number of amides is 1. The van der Waals surface area contributed by atoms with Crippen LogP contribution in [0.25, 0.3) is 0 Å². The maximum atomic E-state index is 13.5. The van der Waals surface area contributed by atoms with Gasteiger partial charge in [-0.15, -0.1) is 11.3 Å². The van der Waals surface area contributed by atoms with Crippen molar-refractivity contribution in [1.82, 2.24) is 9.21 Å². The molecule has 1 saturated heterocycles. The van der Waals surface area contributed by atoms with Gasteiger partial charge in [0.15, 0.2) is 0 Å². The normalized spacial score (nSPS) is 19.5. The predicted molar refractivity (Wildman–Crippen MR) is 123 cm³/mol. The fourth-order valence-electron chi connectivity index (χ4n) is 4.40. The van der Waals surface area contributed by atoms with Gasteiger partial charge in [-0.1, -0.05) is 30.3 Å². The van der Waals surface area contributed by atoms with Gasteiger partial charge in [0.1, 0.15) is 0 Å². The summed E-state index contributed by atoms with van der Waals surface area (Å²) in [5.74, 6) is -0.0916. The van der Waals surface area contributed by atoms with Crippen molar-refractivity contribution >= 4 is 27.3 Å². The molecule has 1 amide bonds. The first-order valence-corrected chi connectivity index (χ1v) is 13.0. The summed E-state index contributed by atoms with van der Waals surface area (Å²) in [5, 5.41) is 2.08. The molecule has 1 atom stereocenters. The smallest absolute Gasteiger partial charge is 0.254 e. The number of rotatable bonds is 4. The molecular formula is C24H24N2O4S2. The summed E-state index contributed by atoms with van der Waals surface area (Å²) in [5.41, 5.74) is 2.74. The van der Waals surface area contributed by atoms with Gasteiger partial charge in [0, 0.05) is 30.1 Å². The van der Waals surface area contributed by atoms with Crippen LogP contribution in [0.4, 0.5) is 0 Å². The summed E-state index contributed by atoms with van der Waals surface area (Å²) in [6.07, 6.45) is 0.825. The molecule has 0 aliphatic carbocycles. The van der Waals surface area contributed by atoms with Crippen LogP contribution in [0.2, 0.25) is 0 Å². The highest BCUT2D eigenvalue weighted by Gasteiger charge is 2.33. The monoisotopic (exact) mass is 468 g/mol. The molecule has 6 nitrogen and oxygen atoms in total. The van der Waals surface area contributed by atoms with Crippen LogP contribution in [0.3, 0.4) is 0 Å². The SMILES string of the molecule is O=C(c1ccc(S(=O)(=O)N2CCOCC2)cc1)N1CCc2sccc2C1c1ccccc1. The highest BCUT2D eigenvalue weighted by Crippen LogP contribution is 2.38. The minimum Gasteiger partial charge on any atom is -0.379 e. The lowest BCUT2D eigenvalue weighted by Gasteiger charge is -2.36. The Balaban J connectivity index is 1.43. The van der Waals surface area contributed by atoms with Crippen LogP contribution in [0, 0.1) is 0 Å². The second kappa shape index (κ2) is 8.78. The summed E-state index contributed by atoms with van der Waals surface area (Å²) in [6.45, 7) is 2.11. The third-order valence-electron chi connectivity index (χ3n) is 6.05. The summed E-state index contributed by atoms with van der Waals surface area (Å²) in [6, 6.07) is 18.3. The number of fused-ring (bicyclic) bond motifs is 1. The van der Waals surface area contributed by atoms with E-state index in [9.17, 15) is 13.2 Å². The van der Waals surface area contributed by atoms with Crippen LogP contribution in [0.5, 0.6) is 0 Å². The largest absolute Gasteiger partial charge is 0.379 e. The van der Waals surface area contributed by atoms with Gasteiger partial charge in [0.25, 0.3) is 5.91 Å². The van der Waals surface area contributed by atoms with Gasteiger partial charge >= 0.3 is 0 Å². The molecule has 3 heterocycles. The lowest BCUT2D eigenvalue weighted by atomic mass is 9.92. The highest BCUT2D eigenvalue weighted by molar-refractivity contribution is 7.89. The van der Waals surface area contributed by atoms with Crippen molar-refractivity contribution in [3.05, 3.63) is 87.6 Å². The lowest BCUT2D eigenvalue weighted by molar-refractivity contribution is 0.0696. The second-order valence-electron chi connectivity index (χ2n) is 7.90. The van der Waals surface area contributed by atoms with E-state index in [1.807, 2.05) is 23.1 Å². The Bertz CT molecular complexity index is 1200. The average molecular weight is 469 g/mol. The molecular weight excluding hydrogens is 444 g/mol. The van der Waals surface area contributed by atoms with E-state index in [2.05, 4.69) is 23.6 Å². The van der Waals surface area contributed by atoms with Gasteiger partial charge in [-0.25, -0.2) is 8.42 Å². The van der Waals surface area contributed by atoms with E-state index in [0.29, 0.717) is 38.4 Å². The van der Waals surface area contributed by atoms with Crippen LogP contribution in [0.15, 0.2) is 70.9 Å². The topological polar surface area (TPSA) is 66.9 Å². The molecule has 5 rings (SSSR count). The lowest BCUT2D eigenvalue weighted by Crippen LogP contribution is -2.41. The summed E-state index contributed by atoms with van der Waals surface area (Å²) < 4.78 is 32.5. The van der Waals surface area contributed by atoms with Crippen LogP contribution in [-0.4, -0.2) is 56.4 Å². The predicted octanol–water partition coefficient (Wildman–Crippen LogP) is 3.56. The van der Waals surface area contributed by atoms with Crippen molar-refractivity contribution in [3.63, 3.8) is 0 Å². The molecule has 8 heteroatoms. The molecule has 0 N–H and O–H groups in total. The molecule has 2 aliphatic heterocycles. The number of thiophene rings is 1. The minimum absolute atomic E-state index is 0.0916. The first-order valence-electron chi connectivity index (χ1n) is 10.7. The zero-order chi connectivity index (χ0) is 22.1. The maximum absolute atomic E-state index is 13.5. The van der Waals surface area contributed by atoms with E-state index >= 15 is 0 Å². The molecule has 0 bridgehead atoms. The molecule has 1 aromatic heterocycles. The van der Waals surface area contributed by atoms with Gasteiger partial charge in [-0.3, -0.25) is 4.79 Å². The molecule has 1 unspecified atom stereocenters.